The third-order valence-electron chi connectivity index (χ3n) is 3.76. The molecule has 28 heavy (non-hydrogen) atoms. The van der Waals surface area contributed by atoms with Crippen molar-refractivity contribution < 1.29 is 23.5 Å². The van der Waals surface area contributed by atoms with Crippen LogP contribution in [0.25, 0.3) is 0 Å². The van der Waals surface area contributed by atoms with Gasteiger partial charge in [-0.05, 0) is 43.7 Å². The number of hydrogen-bond acceptors (Lipinski definition) is 4. The minimum Gasteiger partial charge on any atom is -0.452 e. The first-order valence-electron chi connectivity index (χ1n) is 8.71. The molecule has 8 heteroatoms. The lowest BCUT2D eigenvalue weighted by Gasteiger charge is -2.14. The molecule has 0 bridgehead atoms. The topological polar surface area (TPSA) is 96.5 Å². The Morgan fingerprint density at radius 3 is 2.43 bits per heavy atom. The van der Waals surface area contributed by atoms with Crippen LogP contribution in [0, 0.1) is 12.7 Å². The van der Waals surface area contributed by atoms with Gasteiger partial charge in [0.05, 0.1) is 6.42 Å². The number of benzene rings is 2. The molecule has 0 unspecified atom stereocenters. The molecule has 0 aromatic heterocycles. The van der Waals surface area contributed by atoms with Crippen LogP contribution in [-0.2, 0) is 14.3 Å². The molecule has 2 rings (SSSR count). The van der Waals surface area contributed by atoms with Gasteiger partial charge in [0.25, 0.3) is 5.91 Å². The van der Waals surface area contributed by atoms with Crippen LogP contribution in [0.5, 0.6) is 0 Å². The molecular formula is C20H22FN3O4. The van der Waals surface area contributed by atoms with Crippen molar-refractivity contribution in [2.75, 3.05) is 17.2 Å². The Labute approximate surface area is 162 Å². The first-order valence-corrected chi connectivity index (χ1v) is 8.71. The van der Waals surface area contributed by atoms with Crippen LogP contribution < -0.4 is 16.0 Å². The number of esters is 1. The summed E-state index contributed by atoms with van der Waals surface area (Å²) in [5, 5.41) is 7.62. The predicted octanol–water partition coefficient (Wildman–Crippen LogP) is 3.22. The highest BCUT2D eigenvalue weighted by Gasteiger charge is 2.18. The zero-order valence-electron chi connectivity index (χ0n) is 15.6. The minimum absolute atomic E-state index is 0.0506. The Hall–Kier alpha value is -3.42. The molecule has 0 saturated carbocycles. The van der Waals surface area contributed by atoms with Gasteiger partial charge in [0, 0.05) is 17.9 Å². The molecule has 2 aromatic carbocycles. The smallest absolute Gasteiger partial charge is 0.319 e. The number of carbonyl (C=O) groups excluding carboxylic acids is 3. The Morgan fingerprint density at radius 2 is 1.75 bits per heavy atom. The third kappa shape index (κ3) is 6.71. The van der Waals surface area contributed by atoms with Gasteiger partial charge in [0.2, 0.25) is 0 Å². The van der Waals surface area contributed by atoms with Crippen molar-refractivity contribution in [3.8, 4) is 0 Å². The third-order valence-corrected chi connectivity index (χ3v) is 3.76. The first kappa shape index (κ1) is 20.9. The fourth-order valence-electron chi connectivity index (χ4n) is 2.20. The Kier molecular flexibility index (Phi) is 7.50. The summed E-state index contributed by atoms with van der Waals surface area (Å²) in [5.41, 5.74) is 1.36. The van der Waals surface area contributed by atoms with E-state index >= 15 is 0 Å². The fourth-order valence-corrected chi connectivity index (χ4v) is 2.20. The summed E-state index contributed by atoms with van der Waals surface area (Å²) < 4.78 is 18.5. The van der Waals surface area contributed by atoms with E-state index in [0.29, 0.717) is 11.3 Å². The number of carbonyl (C=O) groups is 3. The van der Waals surface area contributed by atoms with Gasteiger partial charge < -0.3 is 20.7 Å². The minimum atomic E-state index is -1.06. The lowest BCUT2D eigenvalue weighted by Crippen LogP contribution is -2.33. The quantitative estimate of drug-likeness (QED) is 0.636. The molecule has 7 nitrogen and oxygen atoms in total. The predicted molar refractivity (Wildman–Crippen MR) is 103 cm³/mol. The van der Waals surface area contributed by atoms with E-state index in [9.17, 15) is 18.8 Å². The molecule has 0 heterocycles. The van der Waals surface area contributed by atoms with E-state index in [0.717, 1.165) is 0 Å². The summed E-state index contributed by atoms with van der Waals surface area (Å²) in [5.74, 6) is -1.66. The second-order valence-electron chi connectivity index (χ2n) is 6.08. The zero-order valence-corrected chi connectivity index (χ0v) is 15.6. The van der Waals surface area contributed by atoms with Gasteiger partial charge in [-0.2, -0.15) is 0 Å². The van der Waals surface area contributed by atoms with Crippen molar-refractivity contribution in [3.05, 3.63) is 59.9 Å². The number of ether oxygens (including phenoxy) is 1. The number of anilines is 2. The number of hydrogen-bond donors (Lipinski definition) is 3. The van der Waals surface area contributed by atoms with Crippen LogP contribution in [0.2, 0.25) is 0 Å². The Morgan fingerprint density at radius 1 is 1.04 bits per heavy atom. The van der Waals surface area contributed by atoms with E-state index in [1.165, 1.54) is 19.1 Å². The van der Waals surface area contributed by atoms with Crippen LogP contribution in [0.3, 0.4) is 0 Å². The Bertz CT molecular complexity index is 843. The Balaban J connectivity index is 1.70. The number of rotatable bonds is 7. The van der Waals surface area contributed by atoms with Crippen molar-refractivity contribution in [2.24, 2.45) is 0 Å². The maximum Gasteiger partial charge on any atom is 0.319 e. The van der Waals surface area contributed by atoms with E-state index in [4.69, 9.17) is 4.74 Å². The molecule has 148 valence electrons. The molecule has 0 radical (unpaired) electrons. The molecule has 2 aromatic rings. The van der Waals surface area contributed by atoms with Gasteiger partial charge in [0.15, 0.2) is 6.10 Å². The second-order valence-corrected chi connectivity index (χ2v) is 6.08. The molecular weight excluding hydrogens is 365 g/mol. The highest BCUT2D eigenvalue weighted by molar-refractivity contribution is 5.95. The maximum atomic E-state index is 13.5. The highest BCUT2D eigenvalue weighted by atomic mass is 19.1. The zero-order chi connectivity index (χ0) is 20.5. The summed E-state index contributed by atoms with van der Waals surface area (Å²) in [7, 11) is 0. The van der Waals surface area contributed by atoms with E-state index < -0.39 is 29.8 Å². The van der Waals surface area contributed by atoms with Crippen molar-refractivity contribution in [1.82, 2.24) is 5.32 Å². The van der Waals surface area contributed by atoms with Crippen molar-refractivity contribution in [2.45, 2.75) is 26.4 Å². The molecule has 0 fully saturated rings. The first-order chi connectivity index (χ1) is 13.3. The van der Waals surface area contributed by atoms with E-state index in [-0.39, 0.29) is 18.7 Å². The molecule has 3 N–H and O–H groups in total. The van der Waals surface area contributed by atoms with Gasteiger partial charge in [-0.25, -0.2) is 9.18 Å². The summed E-state index contributed by atoms with van der Waals surface area (Å²) in [6.07, 6.45) is -1.16. The fraction of sp³-hybridized carbons (Fsp3) is 0.250. The van der Waals surface area contributed by atoms with E-state index in [1.54, 1.807) is 37.3 Å². The molecule has 3 amide bonds. The van der Waals surface area contributed by atoms with Gasteiger partial charge >= 0.3 is 12.0 Å². The molecule has 0 saturated heterocycles. The lowest BCUT2D eigenvalue weighted by atomic mass is 10.2. The summed E-state index contributed by atoms with van der Waals surface area (Å²) >= 11 is 0. The molecule has 0 aliphatic heterocycles. The monoisotopic (exact) mass is 387 g/mol. The SMILES string of the molecule is Cc1ccc(NC(=O)[C@@H](C)OC(=O)CCNC(=O)Nc2ccccc2)cc1F. The second kappa shape index (κ2) is 10.1. The van der Waals surface area contributed by atoms with Gasteiger partial charge in [-0.3, -0.25) is 9.59 Å². The van der Waals surface area contributed by atoms with Gasteiger partial charge in [-0.15, -0.1) is 0 Å². The maximum absolute atomic E-state index is 13.5. The summed E-state index contributed by atoms with van der Waals surface area (Å²) in [4.78, 5) is 35.6. The highest BCUT2D eigenvalue weighted by Crippen LogP contribution is 2.14. The number of halogens is 1. The van der Waals surface area contributed by atoms with Crippen LogP contribution in [-0.4, -0.2) is 30.6 Å². The molecule has 1 atom stereocenters. The van der Waals surface area contributed by atoms with Crippen molar-refractivity contribution in [3.63, 3.8) is 0 Å². The van der Waals surface area contributed by atoms with Gasteiger partial charge in [-0.1, -0.05) is 24.3 Å². The number of para-hydroxylation sites is 1. The lowest BCUT2D eigenvalue weighted by molar-refractivity contribution is -0.153. The molecule has 0 aliphatic rings. The standard InChI is InChI=1S/C20H22FN3O4/c1-13-8-9-16(12-17(13)21)23-19(26)14(2)28-18(25)10-11-22-20(27)24-15-6-4-3-5-7-15/h3-9,12,14H,10-11H2,1-2H3,(H,23,26)(H2,22,24,27)/t14-/m1/s1. The van der Waals surface area contributed by atoms with Crippen molar-refractivity contribution >= 4 is 29.3 Å². The van der Waals surface area contributed by atoms with Gasteiger partial charge in [0.1, 0.15) is 5.82 Å². The number of urea groups is 1. The van der Waals surface area contributed by atoms with E-state index in [2.05, 4.69) is 16.0 Å². The van der Waals surface area contributed by atoms with E-state index in [1.807, 2.05) is 6.07 Å². The largest absolute Gasteiger partial charge is 0.452 e. The number of aryl methyl sites for hydroxylation is 1. The van der Waals surface area contributed by atoms with Crippen LogP contribution in [0.4, 0.5) is 20.6 Å². The van der Waals surface area contributed by atoms with Crippen LogP contribution >= 0.6 is 0 Å². The molecule has 0 aliphatic carbocycles. The number of nitrogens with one attached hydrogen (secondary N) is 3. The normalized spacial score (nSPS) is 11.2. The average molecular weight is 387 g/mol. The number of amides is 3. The van der Waals surface area contributed by atoms with Crippen molar-refractivity contribution in [1.29, 1.82) is 0 Å². The summed E-state index contributed by atoms with van der Waals surface area (Å²) in [6, 6.07) is 12.7. The summed E-state index contributed by atoms with van der Waals surface area (Å²) in [6.45, 7) is 3.07. The average Bonchev–Trinajstić information content (AvgIpc) is 2.65. The molecule has 0 spiro atoms. The van der Waals surface area contributed by atoms with Crippen LogP contribution in [0.1, 0.15) is 18.9 Å². The van der Waals surface area contributed by atoms with Crippen LogP contribution in [0.15, 0.2) is 48.5 Å².